The van der Waals surface area contributed by atoms with Gasteiger partial charge in [-0.1, -0.05) is 18.2 Å². The Kier molecular flexibility index (Phi) is 2.90. The van der Waals surface area contributed by atoms with E-state index in [4.69, 9.17) is 9.47 Å². The number of benzene rings is 2. The van der Waals surface area contributed by atoms with Crippen molar-refractivity contribution < 1.29 is 9.47 Å². The van der Waals surface area contributed by atoms with Crippen LogP contribution in [0.5, 0.6) is 5.75 Å². The van der Waals surface area contributed by atoms with E-state index in [-0.39, 0.29) is 0 Å². The number of methoxy groups -OCH3 is 1. The monoisotopic (exact) mass is 241 g/mol. The molecule has 2 aromatic carbocycles. The van der Waals surface area contributed by atoms with Crippen LogP contribution in [-0.2, 0) is 11.3 Å². The first kappa shape index (κ1) is 11.1. The van der Waals surface area contributed by atoms with Gasteiger partial charge in [0.2, 0.25) is 0 Å². The molecule has 92 valence electrons. The van der Waals surface area contributed by atoms with Crippen LogP contribution in [0.1, 0.15) is 5.56 Å². The molecule has 0 radical (unpaired) electrons. The van der Waals surface area contributed by atoms with Crippen LogP contribution in [0.4, 0.5) is 11.4 Å². The smallest absolute Gasteiger partial charge is 0.123 e. The number of anilines is 2. The number of hydrogen-bond donors (Lipinski definition) is 0. The summed E-state index contributed by atoms with van der Waals surface area (Å²) in [6.45, 7) is 1.22. The van der Waals surface area contributed by atoms with Gasteiger partial charge in [-0.05, 0) is 30.3 Å². The van der Waals surface area contributed by atoms with E-state index >= 15 is 0 Å². The zero-order valence-electron chi connectivity index (χ0n) is 10.3. The minimum absolute atomic E-state index is 0.587. The number of nitrogens with zero attached hydrogens (tertiary/aromatic N) is 1. The fourth-order valence-electron chi connectivity index (χ4n) is 2.21. The van der Waals surface area contributed by atoms with Gasteiger partial charge in [0.15, 0.2) is 0 Å². The van der Waals surface area contributed by atoms with Crippen molar-refractivity contribution in [2.75, 3.05) is 18.7 Å². The Balaban J connectivity index is 2.02. The molecule has 0 aliphatic carbocycles. The SMILES string of the molecule is COc1ccc2c(c1)COCN2c1ccccc1. The molecule has 0 aromatic heterocycles. The van der Waals surface area contributed by atoms with Crippen molar-refractivity contribution in [3.63, 3.8) is 0 Å². The summed E-state index contributed by atoms with van der Waals surface area (Å²) in [6, 6.07) is 16.4. The van der Waals surface area contributed by atoms with Crippen molar-refractivity contribution in [2.24, 2.45) is 0 Å². The minimum Gasteiger partial charge on any atom is -0.497 e. The number of ether oxygens (including phenoxy) is 2. The van der Waals surface area contributed by atoms with E-state index in [0.717, 1.165) is 17.0 Å². The summed E-state index contributed by atoms with van der Waals surface area (Å²) < 4.78 is 10.9. The highest BCUT2D eigenvalue weighted by Gasteiger charge is 2.18. The predicted octanol–water partition coefficient (Wildman–Crippen LogP) is 3.32. The van der Waals surface area contributed by atoms with Crippen molar-refractivity contribution in [3.8, 4) is 5.75 Å². The maximum Gasteiger partial charge on any atom is 0.123 e. The van der Waals surface area contributed by atoms with Gasteiger partial charge in [0.05, 0.1) is 13.7 Å². The van der Waals surface area contributed by atoms with Crippen LogP contribution in [0.25, 0.3) is 0 Å². The molecule has 0 atom stereocenters. The molecule has 0 N–H and O–H groups in total. The van der Waals surface area contributed by atoms with Gasteiger partial charge in [-0.2, -0.15) is 0 Å². The Bertz CT molecular complexity index is 539. The summed E-state index contributed by atoms with van der Waals surface area (Å²) in [6.07, 6.45) is 0. The minimum atomic E-state index is 0.587. The van der Waals surface area contributed by atoms with E-state index in [1.165, 1.54) is 5.69 Å². The topological polar surface area (TPSA) is 21.7 Å². The highest BCUT2D eigenvalue weighted by atomic mass is 16.5. The van der Waals surface area contributed by atoms with E-state index < -0.39 is 0 Å². The summed E-state index contributed by atoms with van der Waals surface area (Å²) in [5.74, 6) is 0.868. The molecule has 2 aromatic rings. The van der Waals surface area contributed by atoms with E-state index in [1.54, 1.807) is 7.11 Å². The lowest BCUT2D eigenvalue weighted by Crippen LogP contribution is -2.26. The van der Waals surface area contributed by atoms with Crippen LogP contribution in [-0.4, -0.2) is 13.8 Å². The second-order valence-electron chi connectivity index (χ2n) is 4.24. The molecule has 1 heterocycles. The zero-order valence-corrected chi connectivity index (χ0v) is 10.3. The zero-order chi connectivity index (χ0) is 12.4. The Morgan fingerprint density at radius 3 is 2.72 bits per heavy atom. The lowest BCUT2D eigenvalue weighted by Gasteiger charge is -2.31. The Morgan fingerprint density at radius 1 is 1.11 bits per heavy atom. The van der Waals surface area contributed by atoms with Gasteiger partial charge < -0.3 is 14.4 Å². The predicted molar refractivity (Wildman–Crippen MR) is 71.2 cm³/mol. The quantitative estimate of drug-likeness (QED) is 0.805. The third kappa shape index (κ3) is 1.93. The lowest BCUT2D eigenvalue weighted by atomic mass is 10.1. The van der Waals surface area contributed by atoms with Gasteiger partial charge in [0.1, 0.15) is 12.5 Å². The number of hydrogen-bond acceptors (Lipinski definition) is 3. The first-order valence-corrected chi connectivity index (χ1v) is 5.96. The molecule has 1 aliphatic heterocycles. The molecule has 0 amide bonds. The first-order valence-electron chi connectivity index (χ1n) is 5.96. The van der Waals surface area contributed by atoms with E-state index in [9.17, 15) is 0 Å². The van der Waals surface area contributed by atoms with Crippen LogP contribution in [0.15, 0.2) is 48.5 Å². The third-order valence-electron chi connectivity index (χ3n) is 3.12. The lowest BCUT2D eigenvalue weighted by molar-refractivity contribution is 0.117. The van der Waals surface area contributed by atoms with Gasteiger partial charge in [0, 0.05) is 16.9 Å². The Labute approximate surface area is 107 Å². The van der Waals surface area contributed by atoms with Crippen molar-refractivity contribution >= 4 is 11.4 Å². The normalized spacial score (nSPS) is 14.2. The second-order valence-corrected chi connectivity index (χ2v) is 4.24. The Hall–Kier alpha value is -2.00. The molecular weight excluding hydrogens is 226 g/mol. The molecule has 0 saturated heterocycles. The van der Waals surface area contributed by atoms with Crippen molar-refractivity contribution in [1.29, 1.82) is 0 Å². The van der Waals surface area contributed by atoms with E-state index in [0.29, 0.717) is 13.3 Å². The molecule has 3 rings (SSSR count). The van der Waals surface area contributed by atoms with Crippen LogP contribution in [0, 0.1) is 0 Å². The van der Waals surface area contributed by atoms with Crippen LogP contribution in [0.3, 0.4) is 0 Å². The fraction of sp³-hybridized carbons (Fsp3) is 0.200. The van der Waals surface area contributed by atoms with E-state index in [2.05, 4.69) is 23.1 Å². The highest BCUT2D eigenvalue weighted by Crippen LogP contribution is 2.34. The summed E-state index contributed by atoms with van der Waals surface area (Å²) in [5.41, 5.74) is 3.49. The average Bonchev–Trinajstić information content (AvgIpc) is 2.47. The van der Waals surface area contributed by atoms with Crippen LogP contribution in [0.2, 0.25) is 0 Å². The fourth-order valence-corrected chi connectivity index (χ4v) is 2.21. The van der Waals surface area contributed by atoms with E-state index in [1.807, 2.05) is 30.3 Å². The summed E-state index contributed by atoms with van der Waals surface area (Å²) in [4.78, 5) is 2.16. The van der Waals surface area contributed by atoms with Gasteiger partial charge in [-0.25, -0.2) is 0 Å². The highest BCUT2D eigenvalue weighted by molar-refractivity contribution is 5.67. The molecule has 0 unspecified atom stereocenters. The standard InChI is InChI=1S/C15H15NO2/c1-17-14-7-8-15-12(9-14)10-18-11-16(15)13-5-3-2-4-6-13/h2-9H,10-11H2,1H3. The summed E-state index contributed by atoms with van der Waals surface area (Å²) in [7, 11) is 1.68. The van der Waals surface area contributed by atoms with Crippen molar-refractivity contribution in [2.45, 2.75) is 6.61 Å². The van der Waals surface area contributed by atoms with Crippen LogP contribution >= 0.6 is 0 Å². The van der Waals surface area contributed by atoms with Crippen molar-refractivity contribution in [3.05, 3.63) is 54.1 Å². The average molecular weight is 241 g/mol. The molecule has 0 saturated carbocycles. The second kappa shape index (κ2) is 4.70. The van der Waals surface area contributed by atoms with Gasteiger partial charge in [-0.3, -0.25) is 0 Å². The Morgan fingerprint density at radius 2 is 1.94 bits per heavy atom. The number of fused-ring (bicyclic) bond motifs is 1. The maximum atomic E-state index is 5.63. The van der Waals surface area contributed by atoms with Gasteiger partial charge in [0.25, 0.3) is 0 Å². The first-order chi connectivity index (χ1) is 8.88. The maximum absolute atomic E-state index is 5.63. The largest absolute Gasteiger partial charge is 0.497 e. The third-order valence-corrected chi connectivity index (χ3v) is 3.12. The van der Waals surface area contributed by atoms with Gasteiger partial charge >= 0.3 is 0 Å². The van der Waals surface area contributed by atoms with Crippen molar-refractivity contribution in [1.82, 2.24) is 0 Å². The van der Waals surface area contributed by atoms with Crippen LogP contribution < -0.4 is 9.64 Å². The number of rotatable bonds is 2. The summed E-state index contributed by atoms with van der Waals surface area (Å²) >= 11 is 0. The summed E-state index contributed by atoms with van der Waals surface area (Å²) in [5, 5.41) is 0. The molecule has 0 fully saturated rings. The molecule has 3 heteroatoms. The molecule has 0 bridgehead atoms. The van der Waals surface area contributed by atoms with Gasteiger partial charge in [-0.15, -0.1) is 0 Å². The molecule has 18 heavy (non-hydrogen) atoms. The molecular formula is C15H15NO2. The molecule has 0 spiro atoms. The number of para-hydroxylation sites is 1. The molecule has 3 nitrogen and oxygen atoms in total. The molecule has 1 aliphatic rings.